The highest BCUT2D eigenvalue weighted by Crippen LogP contribution is 2.36. The van der Waals surface area contributed by atoms with Gasteiger partial charge in [0.05, 0.1) is 12.2 Å². The van der Waals surface area contributed by atoms with Crippen LogP contribution in [0, 0.1) is 5.92 Å². The fourth-order valence-electron chi connectivity index (χ4n) is 4.30. The van der Waals surface area contributed by atoms with E-state index in [1.807, 2.05) is 23.7 Å². The van der Waals surface area contributed by atoms with Gasteiger partial charge in [0.2, 0.25) is 0 Å². The molecule has 3 heterocycles. The van der Waals surface area contributed by atoms with Gasteiger partial charge in [-0.25, -0.2) is 4.98 Å². The maximum atomic E-state index is 4.85. The summed E-state index contributed by atoms with van der Waals surface area (Å²) in [6.45, 7) is 3.27. The van der Waals surface area contributed by atoms with E-state index in [2.05, 4.69) is 41.0 Å². The van der Waals surface area contributed by atoms with E-state index in [-0.39, 0.29) is 0 Å². The van der Waals surface area contributed by atoms with Gasteiger partial charge in [-0.2, -0.15) is 0 Å². The molecule has 0 radical (unpaired) electrons. The number of nitrogens with zero attached hydrogens (tertiary/aromatic N) is 4. The molecule has 5 heteroatoms. The van der Waals surface area contributed by atoms with Crippen LogP contribution in [-0.4, -0.2) is 47.0 Å². The summed E-state index contributed by atoms with van der Waals surface area (Å²) in [5.41, 5.74) is 2.72. The van der Waals surface area contributed by atoms with Crippen LogP contribution in [0.4, 0.5) is 0 Å². The van der Waals surface area contributed by atoms with E-state index < -0.39 is 0 Å². The standard InChI is InChI=1S/C19H26N4S/c1-22(13-18-21-16-6-3-7-17(16)24-18)12-15-8-10-23(2)19(15)14-5-4-9-20-11-14/h4-5,9,11,15,19H,3,6-8,10,12-13H2,1-2H3/t15-,19-/m0/s1. The van der Waals surface area contributed by atoms with Crippen molar-refractivity contribution < 1.29 is 0 Å². The Kier molecular flexibility index (Phi) is 4.66. The maximum Gasteiger partial charge on any atom is 0.107 e. The van der Waals surface area contributed by atoms with Crippen molar-refractivity contribution in [1.29, 1.82) is 0 Å². The smallest absolute Gasteiger partial charge is 0.107 e. The molecular weight excluding hydrogens is 316 g/mol. The first kappa shape index (κ1) is 16.2. The number of hydrogen-bond donors (Lipinski definition) is 0. The molecule has 2 aromatic heterocycles. The number of thiazole rings is 1. The van der Waals surface area contributed by atoms with E-state index in [1.165, 1.54) is 53.4 Å². The molecule has 2 atom stereocenters. The Hall–Kier alpha value is -1.30. The van der Waals surface area contributed by atoms with E-state index in [1.54, 1.807) is 0 Å². The van der Waals surface area contributed by atoms with Crippen LogP contribution in [0.1, 0.15) is 40.0 Å². The van der Waals surface area contributed by atoms with Crippen LogP contribution < -0.4 is 0 Å². The number of likely N-dealkylation sites (tertiary alicyclic amines) is 1. The van der Waals surface area contributed by atoms with E-state index in [0.717, 1.165) is 13.1 Å². The Morgan fingerprint density at radius 2 is 2.29 bits per heavy atom. The van der Waals surface area contributed by atoms with Gasteiger partial charge in [0.1, 0.15) is 5.01 Å². The average molecular weight is 343 g/mol. The van der Waals surface area contributed by atoms with Gasteiger partial charge < -0.3 is 0 Å². The Bertz CT molecular complexity index is 662. The topological polar surface area (TPSA) is 32.3 Å². The van der Waals surface area contributed by atoms with Gasteiger partial charge in [0.25, 0.3) is 0 Å². The van der Waals surface area contributed by atoms with Crippen LogP contribution in [0.2, 0.25) is 0 Å². The predicted octanol–water partition coefficient (Wildman–Crippen LogP) is 3.15. The highest BCUT2D eigenvalue weighted by atomic mass is 32.1. The second-order valence-electron chi connectivity index (χ2n) is 7.29. The minimum absolute atomic E-state index is 0.488. The number of fused-ring (bicyclic) bond motifs is 1. The summed E-state index contributed by atoms with van der Waals surface area (Å²) in [5, 5.41) is 1.30. The molecule has 0 saturated carbocycles. The molecule has 0 amide bonds. The summed E-state index contributed by atoms with van der Waals surface area (Å²) >= 11 is 1.93. The zero-order chi connectivity index (χ0) is 16.5. The SMILES string of the molecule is CN(Cc1nc2c(s1)CCC2)C[C@@H]1CCN(C)[C@H]1c1cccnc1. The lowest BCUT2D eigenvalue weighted by Crippen LogP contribution is -2.30. The predicted molar refractivity (Wildman–Crippen MR) is 98.2 cm³/mol. The largest absolute Gasteiger partial charge is 0.299 e. The monoisotopic (exact) mass is 342 g/mol. The van der Waals surface area contributed by atoms with Gasteiger partial charge in [0.15, 0.2) is 0 Å². The molecule has 0 N–H and O–H groups in total. The van der Waals surface area contributed by atoms with Crippen molar-refractivity contribution in [2.45, 2.75) is 38.3 Å². The highest BCUT2D eigenvalue weighted by Gasteiger charge is 2.33. The Morgan fingerprint density at radius 3 is 3.08 bits per heavy atom. The average Bonchev–Trinajstić information content (AvgIpc) is 3.23. The molecule has 2 aliphatic rings. The molecule has 1 fully saturated rings. The van der Waals surface area contributed by atoms with Crippen LogP contribution in [0.3, 0.4) is 0 Å². The summed E-state index contributed by atoms with van der Waals surface area (Å²) in [6.07, 6.45) is 8.88. The minimum atomic E-state index is 0.488. The molecule has 1 aliphatic carbocycles. The van der Waals surface area contributed by atoms with Crippen molar-refractivity contribution in [1.82, 2.24) is 19.8 Å². The minimum Gasteiger partial charge on any atom is -0.299 e. The zero-order valence-electron chi connectivity index (χ0n) is 14.6. The van der Waals surface area contributed by atoms with Gasteiger partial charge in [-0.05, 0) is 63.9 Å². The van der Waals surface area contributed by atoms with E-state index in [0.29, 0.717) is 12.0 Å². The quantitative estimate of drug-likeness (QED) is 0.835. The molecule has 0 unspecified atom stereocenters. The van der Waals surface area contributed by atoms with Gasteiger partial charge in [0, 0.05) is 29.9 Å². The number of aryl methyl sites for hydroxylation is 2. The van der Waals surface area contributed by atoms with Crippen LogP contribution in [0.25, 0.3) is 0 Å². The van der Waals surface area contributed by atoms with Crippen molar-refractivity contribution in [2.24, 2.45) is 5.92 Å². The highest BCUT2D eigenvalue weighted by molar-refractivity contribution is 7.11. The first-order chi connectivity index (χ1) is 11.7. The molecule has 2 aromatic rings. The van der Waals surface area contributed by atoms with Gasteiger partial charge >= 0.3 is 0 Å². The summed E-state index contributed by atoms with van der Waals surface area (Å²) in [6, 6.07) is 4.76. The molecule has 1 aliphatic heterocycles. The van der Waals surface area contributed by atoms with Crippen LogP contribution in [-0.2, 0) is 19.4 Å². The van der Waals surface area contributed by atoms with E-state index in [9.17, 15) is 0 Å². The molecule has 128 valence electrons. The summed E-state index contributed by atoms with van der Waals surface area (Å²) < 4.78 is 0. The third-order valence-electron chi connectivity index (χ3n) is 5.39. The Morgan fingerprint density at radius 1 is 1.38 bits per heavy atom. The fourth-order valence-corrected chi connectivity index (χ4v) is 5.54. The molecule has 4 nitrogen and oxygen atoms in total. The lowest BCUT2D eigenvalue weighted by molar-refractivity contribution is 0.213. The first-order valence-electron chi connectivity index (χ1n) is 8.97. The summed E-state index contributed by atoms with van der Waals surface area (Å²) in [5.74, 6) is 0.663. The molecule has 0 bridgehead atoms. The molecular formula is C19H26N4S. The first-order valence-corrected chi connectivity index (χ1v) is 9.78. The lowest BCUT2D eigenvalue weighted by atomic mass is 9.94. The zero-order valence-corrected chi connectivity index (χ0v) is 15.4. The molecule has 0 spiro atoms. The Balaban J connectivity index is 1.41. The maximum absolute atomic E-state index is 4.85. The summed E-state index contributed by atoms with van der Waals surface area (Å²) in [4.78, 5) is 15.7. The van der Waals surface area contributed by atoms with E-state index in [4.69, 9.17) is 4.98 Å². The normalized spacial score (nSPS) is 24.0. The summed E-state index contributed by atoms with van der Waals surface area (Å²) in [7, 11) is 4.48. The third kappa shape index (κ3) is 3.25. The number of aromatic nitrogens is 2. The second-order valence-corrected chi connectivity index (χ2v) is 8.46. The van der Waals surface area contributed by atoms with Crippen molar-refractivity contribution in [3.05, 3.63) is 45.7 Å². The second kappa shape index (κ2) is 6.90. The number of rotatable bonds is 5. The van der Waals surface area contributed by atoms with Gasteiger partial charge in [-0.15, -0.1) is 11.3 Å². The van der Waals surface area contributed by atoms with Crippen molar-refractivity contribution in [3.8, 4) is 0 Å². The lowest BCUT2D eigenvalue weighted by Gasteiger charge is -2.28. The van der Waals surface area contributed by atoms with E-state index >= 15 is 0 Å². The van der Waals surface area contributed by atoms with Crippen LogP contribution in [0.5, 0.6) is 0 Å². The fraction of sp³-hybridized carbons (Fsp3) is 0.579. The molecule has 1 saturated heterocycles. The number of pyridine rings is 1. The molecule has 24 heavy (non-hydrogen) atoms. The Labute approximate surface area is 148 Å². The van der Waals surface area contributed by atoms with Crippen molar-refractivity contribution in [3.63, 3.8) is 0 Å². The molecule has 0 aromatic carbocycles. The van der Waals surface area contributed by atoms with Gasteiger partial charge in [-0.3, -0.25) is 14.8 Å². The van der Waals surface area contributed by atoms with Crippen LogP contribution >= 0.6 is 11.3 Å². The van der Waals surface area contributed by atoms with Crippen molar-refractivity contribution in [2.75, 3.05) is 27.2 Å². The van der Waals surface area contributed by atoms with Crippen LogP contribution in [0.15, 0.2) is 24.5 Å². The van der Waals surface area contributed by atoms with Gasteiger partial charge in [-0.1, -0.05) is 6.07 Å². The number of hydrogen-bond acceptors (Lipinski definition) is 5. The molecule has 4 rings (SSSR count). The third-order valence-corrected chi connectivity index (χ3v) is 6.53. The van der Waals surface area contributed by atoms with Crippen molar-refractivity contribution >= 4 is 11.3 Å².